The van der Waals surface area contributed by atoms with Gasteiger partial charge < -0.3 is 14.8 Å². The van der Waals surface area contributed by atoms with Crippen molar-refractivity contribution >= 4 is 6.08 Å². The van der Waals surface area contributed by atoms with Crippen molar-refractivity contribution < 1.29 is 9.52 Å². The summed E-state index contributed by atoms with van der Waals surface area (Å²) in [6.07, 6.45) is 9.98. The Hall–Kier alpha value is -1.06. The second kappa shape index (κ2) is 6.62. The van der Waals surface area contributed by atoms with Gasteiger partial charge in [-0.2, -0.15) is 0 Å². The van der Waals surface area contributed by atoms with Gasteiger partial charge in [-0.15, -0.1) is 0 Å². The summed E-state index contributed by atoms with van der Waals surface area (Å²) in [5.74, 6) is 1.52. The Morgan fingerprint density at radius 1 is 1.47 bits per heavy atom. The van der Waals surface area contributed by atoms with E-state index in [2.05, 4.69) is 11.4 Å². The minimum atomic E-state index is -0.0748. The van der Waals surface area contributed by atoms with Crippen LogP contribution >= 0.6 is 0 Å². The fourth-order valence-corrected chi connectivity index (χ4v) is 2.38. The van der Waals surface area contributed by atoms with Crippen molar-refractivity contribution in [1.29, 1.82) is 0 Å². The molecule has 0 aliphatic heterocycles. The van der Waals surface area contributed by atoms with Crippen LogP contribution in [0.5, 0.6) is 0 Å². The second-order valence-electron chi connectivity index (χ2n) is 4.76. The van der Waals surface area contributed by atoms with E-state index in [0.717, 1.165) is 38.1 Å². The van der Waals surface area contributed by atoms with Crippen LogP contribution in [0.3, 0.4) is 0 Å². The molecular weight excluding hydrogens is 214 g/mol. The van der Waals surface area contributed by atoms with E-state index in [9.17, 15) is 5.11 Å². The van der Waals surface area contributed by atoms with Gasteiger partial charge in [0.1, 0.15) is 5.76 Å². The molecule has 1 aliphatic carbocycles. The summed E-state index contributed by atoms with van der Waals surface area (Å²) < 4.78 is 5.20. The number of rotatable bonds is 5. The normalized spacial score (nSPS) is 25.5. The number of aliphatic hydroxyl groups excluding tert-OH is 1. The van der Waals surface area contributed by atoms with Gasteiger partial charge in [-0.25, -0.2) is 0 Å². The van der Waals surface area contributed by atoms with Gasteiger partial charge >= 0.3 is 0 Å². The maximum atomic E-state index is 9.55. The van der Waals surface area contributed by atoms with E-state index >= 15 is 0 Å². The molecule has 2 N–H and O–H groups in total. The van der Waals surface area contributed by atoms with Gasteiger partial charge in [0.25, 0.3) is 0 Å². The highest BCUT2D eigenvalue weighted by molar-refractivity contribution is 5.42. The van der Waals surface area contributed by atoms with Crippen molar-refractivity contribution in [3.63, 3.8) is 0 Å². The van der Waals surface area contributed by atoms with Crippen molar-refractivity contribution in [2.45, 2.75) is 31.8 Å². The first-order valence-corrected chi connectivity index (χ1v) is 6.43. The monoisotopic (exact) mass is 235 g/mol. The average molecular weight is 235 g/mol. The van der Waals surface area contributed by atoms with Crippen LogP contribution in [0, 0.1) is 5.92 Å². The number of hydrogen-bond donors (Lipinski definition) is 2. The molecule has 1 saturated carbocycles. The predicted octanol–water partition coefficient (Wildman–Crippen LogP) is 2.43. The number of furan rings is 1. The van der Waals surface area contributed by atoms with Crippen molar-refractivity contribution in [2.24, 2.45) is 5.92 Å². The molecule has 0 saturated heterocycles. The van der Waals surface area contributed by atoms with Gasteiger partial charge in [0.05, 0.1) is 12.4 Å². The van der Waals surface area contributed by atoms with Crippen LogP contribution < -0.4 is 5.32 Å². The zero-order valence-corrected chi connectivity index (χ0v) is 10.1. The highest BCUT2D eigenvalue weighted by Gasteiger charge is 2.19. The van der Waals surface area contributed by atoms with Crippen LogP contribution in [0.4, 0.5) is 0 Å². The van der Waals surface area contributed by atoms with E-state index in [0.29, 0.717) is 5.92 Å². The fourth-order valence-electron chi connectivity index (χ4n) is 2.38. The maximum absolute atomic E-state index is 9.55. The molecule has 1 aromatic heterocycles. The van der Waals surface area contributed by atoms with Crippen LogP contribution in [0.15, 0.2) is 28.9 Å². The van der Waals surface area contributed by atoms with Gasteiger partial charge in [-0.05, 0) is 49.9 Å². The molecule has 0 amide bonds. The summed E-state index contributed by atoms with van der Waals surface area (Å²) in [5, 5.41) is 13.0. The highest BCUT2D eigenvalue weighted by atomic mass is 16.3. The summed E-state index contributed by atoms with van der Waals surface area (Å²) in [4.78, 5) is 0. The third kappa shape index (κ3) is 4.36. The van der Waals surface area contributed by atoms with Gasteiger partial charge in [-0.3, -0.25) is 0 Å². The topological polar surface area (TPSA) is 45.4 Å². The third-order valence-electron chi connectivity index (χ3n) is 3.28. The molecule has 1 aromatic rings. The van der Waals surface area contributed by atoms with Crippen LogP contribution in [0.25, 0.3) is 6.08 Å². The molecule has 3 nitrogen and oxygen atoms in total. The Balaban J connectivity index is 1.59. The number of hydrogen-bond acceptors (Lipinski definition) is 3. The molecule has 2 atom stereocenters. The summed E-state index contributed by atoms with van der Waals surface area (Å²) in [5.41, 5.74) is 0. The van der Waals surface area contributed by atoms with Crippen molar-refractivity contribution in [3.8, 4) is 0 Å². The lowest BCUT2D eigenvalue weighted by atomic mass is 9.87. The van der Waals surface area contributed by atoms with E-state index < -0.39 is 0 Å². The molecule has 17 heavy (non-hydrogen) atoms. The highest BCUT2D eigenvalue weighted by Crippen LogP contribution is 2.23. The van der Waals surface area contributed by atoms with Crippen LogP contribution in [-0.4, -0.2) is 24.3 Å². The first kappa shape index (κ1) is 12.4. The summed E-state index contributed by atoms with van der Waals surface area (Å²) in [6, 6.07) is 3.82. The predicted molar refractivity (Wildman–Crippen MR) is 68.6 cm³/mol. The Morgan fingerprint density at radius 2 is 2.41 bits per heavy atom. The minimum absolute atomic E-state index is 0.0748. The summed E-state index contributed by atoms with van der Waals surface area (Å²) in [6.45, 7) is 1.85. The lowest BCUT2D eigenvalue weighted by molar-refractivity contribution is 0.101. The molecule has 1 fully saturated rings. The zero-order chi connectivity index (χ0) is 11.9. The number of aliphatic hydroxyl groups is 1. The Morgan fingerprint density at radius 3 is 3.18 bits per heavy atom. The first-order valence-electron chi connectivity index (χ1n) is 6.43. The van der Waals surface area contributed by atoms with Crippen molar-refractivity contribution in [1.82, 2.24) is 5.32 Å². The summed E-state index contributed by atoms with van der Waals surface area (Å²) >= 11 is 0. The molecule has 0 spiro atoms. The minimum Gasteiger partial charge on any atom is -0.465 e. The van der Waals surface area contributed by atoms with Gasteiger partial charge in [0.15, 0.2) is 0 Å². The zero-order valence-electron chi connectivity index (χ0n) is 10.1. The van der Waals surface area contributed by atoms with Crippen LogP contribution in [0.1, 0.15) is 31.4 Å². The van der Waals surface area contributed by atoms with E-state index in [1.54, 1.807) is 6.26 Å². The molecule has 0 radical (unpaired) electrons. The SMILES string of the molecule is OC1CCCC(CNC/C=C/c2ccco2)C1. The number of nitrogens with one attached hydrogen (secondary N) is 1. The Labute approximate surface area is 103 Å². The van der Waals surface area contributed by atoms with Gasteiger partial charge in [0, 0.05) is 6.54 Å². The largest absolute Gasteiger partial charge is 0.465 e. The maximum Gasteiger partial charge on any atom is 0.126 e. The molecule has 0 aromatic carbocycles. The average Bonchev–Trinajstić information content (AvgIpc) is 2.82. The van der Waals surface area contributed by atoms with E-state index in [4.69, 9.17) is 4.42 Å². The molecule has 3 heteroatoms. The fraction of sp³-hybridized carbons (Fsp3) is 0.571. The molecule has 0 bridgehead atoms. The smallest absolute Gasteiger partial charge is 0.126 e. The standard InChI is InChI=1S/C14H21NO2/c16-13-5-1-4-12(10-13)11-15-8-2-6-14-7-3-9-17-14/h2-3,6-7,9,12-13,15-16H,1,4-5,8,10-11H2/b6-2+. The van der Waals surface area contributed by atoms with E-state index in [1.807, 2.05) is 18.2 Å². The van der Waals surface area contributed by atoms with Crippen LogP contribution in [0.2, 0.25) is 0 Å². The van der Waals surface area contributed by atoms with Crippen LogP contribution in [-0.2, 0) is 0 Å². The molecular formula is C14H21NO2. The molecule has 2 rings (SSSR count). The van der Waals surface area contributed by atoms with Gasteiger partial charge in [0.2, 0.25) is 0 Å². The van der Waals surface area contributed by atoms with E-state index in [-0.39, 0.29) is 6.10 Å². The third-order valence-corrected chi connectivity index (χ3v) is 3.28. The second-order valence-corrected chi connectivity index (χ2v) is 4.76. The van der Waals surface area contributed by atoms with Crippen molar-refractivity contribution in [2.75, 3.05) is 13.1 Å². The molecule has 2 unspecified atom stereocenters. The van der Waals surface area contributed by atoms with E-state index in [1.165, 1.54) is 6.42 Å². The Bertz CT molecular complexity index is 332. The molecule has 1 heterocycles. The molecule has 1 aliphatic rings. The quantitative estimate of drug-likeness (QED) is 0.770. The summed E-state index contributed by atoms with van der Waals surface area (Å²) in [7, 11) is 0. The van der Waals surface area contributed by atoms with Crippen molar-refractivity contribution in [3.05, 3.63) is 30.2 Å². The Kier molecular flexibility index (Phi) is 4.83. The lowest BCUT2D eigenvalue weighted by Crippen LogP contribution is -2.29. The van der Waals surface area contributed by atoms with Gasteiger partial charge in [-0.1, -0.05) is 12.5 Å². The molecule has 94 valence electrons. The lowest BCUT2D eigenvalue weighted by Gasteiger charge is -2.25. The first-order chi connectivity index (χ1) is 8.34.